The Balaban J connectivity index is 1.85. The first-order valence-electron chi connectivity index (χ1n) is 6.67. The molecule has 0 saturated carbocycles. The van der Waals surface area contributed by atoms with Crippen molar-refractivity contribution in [1.29, 1.82) is 0 Å². The second kappa shape index (κ2) is 7.99. The number of benzene rings is 2. The number of nitrogens with zero attached hydrogens (tertiary/aromatic N) is 1. The third-order valence-electron chi connectivity index (χ3n) is 2.90. The predicted octanol–water partition coefficient (Wildman–Crippen LogP) is 2.40. The van der Waals surface area contributed by atoms with Crippen LogP contribution in [0.1, 0.15) is 11.1 Å². The molecule has 0 bridgehead atoms. The van der Waals surface area contributed by atoms with Crippen molar-refractivity contribution >= 4 is 23.5 Å². The van der Waals surface area contributed by atoms with Crippen molar-refractivity contribution in [3.8, 4) is 11.5 Å². The van der Waals surface area contributed by atoms with E-state index in [-0.39, 0.29) is 5.75 Å². The zero-order valence-electron chi connectivity index (χ0n) is 12.1. The largest absolute Gasteiger partial charge is 0.507 e. The van der Waals surface area contributed by atoms with Gasteiger partial charge in [-0.3, -0.25) is 5.43 Å². The molecule has 0 amide bonds. The van der Waals surface area contributed by atoms with Crippen LogP contribution in [0.4, 0.5) is 0 Å². The van der Waals surface area contributed by atoms with E-state index in [4.69, 9.17) is 17.0 Å². The van der Waals surface area contributed by atoms with Gasteiger partial charge in [0, 0.05) is 12.1 Å². The van der Waals surface area contributed by atoms with Crippen molar-refractivity contribution < 1.29 is 9.84 Å². The fourth-order valence-electron chi connectivity index (χ4n) is 1.74. The first kappa shape index (κ1) is 15.8. The first-order valence-corrected chi connectivity index (χ1v) is 7.07. The summed E-state index contributed by atoms with van der Waals surface area (Å²) in [6.07, 6.45) is 1.48. The predicted molar refractivity (Wildman–Crippen MR) is 91.3 cm³/mol. The van der Waals surface area contributed by atoms with Gasteiger partial charge in [-0.25, -0.2) is 0 Å². The lowest BCUT2D eigenvalue weighted by molar-refractivity contribution is 0.412. The molecule has 0 spiro atoms. The van der Waals surface area contributed by atoms with Gasteiger partial charge in [0.15, 0.2) is 5.11 Å². The molecular weight excluding hydrogens is 298 g/mol. The van der Waals surface area contributed by atoms with Crippen molar-refractivity contribution in [2.24, 2.45) is 5.10 Å². The zero-order chi connectivity index (χ0) is 15.8. The van der Waals surface area contributed by atoms with Gasteiger partial charge in [0.2, 0.25) is 0 Å². The molecular formula is C16H17N3O2S. The van der Waals surface area contributed by atoms with Crippen LogP contribution in [0.3, 0.4) is 0 Å². The summed E-state index contributed by atoms with van der Waals surface area (Å²) in [5.41, 5.74) is 4.37. The zero-order valence-corrected chi connectivity index (χ0v) is 12.9. The molecule has 2 aromatic carbocycles. The van der Waals surface area contributed by atoms with Crippen molar-refractivity contribution in [2.75, 3.05) is 7.11 Å². The van der Waals surface area contributed by atoms with Gasteiger partial charge in [-0.2, -0.15) is 5.10 Å². The van der Waals surface area contributed by atoms with E-state index in [1.807, 2.05) is 30.3 Å². The second-order valence-corrected chi connectivity index (χ2v) is 4.87. The summed E-state index contributed by atoms with van der Waals surface area (Å²) in [7, 11) is 1.56. The van der Waals surface area contributed by atoms with E-state index in [9.17, 15) is 5.11 Å². The van der Waals surface area contributed by atoms with Gasteiger partial charge in [0.1, 0.15) is 11.5 Å². The number of hydrogen-bond donors (Lipinski definition) is 3. The minimum absolute atomic E-state index is 0.120. The minimum Gasteiger partial charge on any atom is -0.507 e. The Hall–Kier alpha value is -2.60. The summed E-state index contributed by atoms with van der Waals surface area (Å²) in [6.45, 7) is 0.618. The van der Waals surface area contributed by atoms with Gasteiger partial charge < -0.3 is 15.2 Å². The third-order valence-corrected chi connectivity index (χ3v) is 3.14. The highest BCUT2D eigenvalue weighted by Gasteiger charge is 2.00. The van der Waals surface area contributed by atoms with Crippen molar-refractivity contribution in [1.82, 2.24) is 10.7 Å². The lowest BCUT2D eigenvalue weighted by Crippen LogP contribution is -2.31. The summed E-state index contributed by atoms with van der Waals surface area (Å²) in [6, 6.07) is 14.8. The Labute approximate surface area is 134 Å². The number of aromatic hydroxyl groups is 1. The third kappa shape index (κ3) is 4.75. The van der Waals surface area contributed by atoms with Gasteiger partial charge in [-0.15, -0.1) is 0 Å². The van der Waals surface area contributed by atoms with Crippen LogP contribution in [-0.4, -0.2) is 23.5 Å². The molecule has 0 atom stereocenters. The molecule has 0 aromatic heterocycles. The molecule has 2 aromatic rings. The number of methoxy groups -OCH3 is 1. The lowest BCUT2D eigenvalue weighted by Gasteiger charge is -2.07. The summed E-state index contributed by atoms with van der Waals surface area (Å²) in [4.78, 5) is 0. The lowest BCUT2D eigenvalue weighted by atomic mass is 10.2. The van der Waals surface area contributed by atoms with Gasteiger partial charge in [-0.05, 0) is 36.0 Å². The summed E-state index contributed by atoms with van der Waals surface area (Å²) < 4.78 is 5.09. The van der Waals surface area contributed by atoms with E-state index < -0.39 is 0 Å². The van der Waals surface area contributed by atoms with Crippen molar-refractivity contribution in [3.05, 3.63) is 59.7 Å². The number of nitrogens with one attached hydrogen (secondary N) is 2. The molecule has 0 heterocycles. The Morgan fingerprint density at radius 1 is 1.27 bits per heavy atom. The van der Waals surface area contributed by atoms with E-state index in [0.29, 0.717) is 23.0 Å². The number of hydrogen-bond acceptors (Lipinski definition) is 4. The van der Waals surface area contributed by atoms with Crippen molar-refractivity contribution in [3.63, 3.8) is 0 Å². The quantitative estimate of drug-likeness (QED) is 0.449. The van der Waals surface area contributed by atoms with Gasteiger partial charge in [-0.1, -0.05) is 30.3 Å². The molecule has 0 radical (unpaired) electrons. The number of rotatable bonds is 5. The van der Waals surface area contributed by atoms with Crippen LogP contribution in [0.15, 0.2) is 53.6 Å². The van der Waals surface area contributed by atoms with Crippen LogP contribution < -0.4 is 15.5 Å². The Kier molecular flexibility index (Phi) is 5.73. The van der Waals surface area contributed by atoms with Crippen LogP contribution in [0, 0.1) is 0 Å². The summed E-state index contributed by atoms with van der Waals surface area (Å²) in [5.74, 6) is 0.763. The van der Waals surface area contributed by atoms with Gasteiger partial charge in [0.25, 0.3) is 0 Å². The van der Waals surface area contributed by atoms with Crippen LogP contribution in [0.2, 0.25) is 0 Å². The van der Waals surface area contributed by atoms with E-state index in [1.54, 1.807) is 25.3 Å². The van der Waals surface area contributed by atoms with Gasteiger partial charge >= 0.3 is 0 Å². The summed E-state index contributed by atoms with van der Waals surface area (Å²) >= 11 is 5.13. The molecule has 114 valence electrons. The van der Waals surface area contributed by atoms with Crippen LogP contribution in [0.25, 0.3) is 0 Å². The maximum Gasteiger partial charge on any atom is 0.187 e. The molecule has 6 heteroatoms. The fourth-order valence-corrected chi connectivity index (χ4v) is 1.87. The standard InChI is InChI=1S/C16H17N3O2S/c1-21-14-7-8-15(20)13(9-14)11-18-19-16(22)17-10-12-5-3-2-4-6-12/h2-9,11,20H,10H2,1H3,(H2,17,19,22). The molecule has 0 aliphatic carbocycles. The van der Waals surface area contributed by atoms with E-state index >= 15 is 0 Å². The molecule has 22 heavy (non-hydrogen) atoms. The SMILES string of the molecule is COc1ccc(O)c(C=NNC(=S)NCc2ccccc2)c1. The van der Waals surface area contributed by atoms with E-state index in [1.165, 1.54) is 6.21 Å². The van der Waals surface area contributed by atoms with Crippen molar-refractivity contribution in [2.45, 2.75) is 6.54 Å². The first-order chi connectivity index (χ1) is 10.7. The monoisotopic (exact) mass is 315 g/mol. The number of ether oxygens (including phenoxy) is 1. The number of phenols is 1. The molecule has 3 N–H and O–H groups in total. The molecule has 0 fully saturated rings. The fraction of sp³-hybridized carbons (Fsp3) is 0.125. The maximum absolute atomic E-state index is 9.72. The molecule has 0 unspecified atom stereocenters. The normalized spacial score (nSPS) is 10.4. The highest BCUT2D eigenvalue weighted by molar-refractivity contribution is 7.80. The summed E-state index contributed by atoms with van der Waals surface area (Å²) in [5, 5.41) is 17.2. The molecule has 0 aliphatic rings. The van der Waals surface area contributed by atoms with Crippen LogP contribution >= 0.6 is 12.2 Å². The Bertz CT molecular complexity index is 660. The maximum atomic E-state index is 9.72. The molecule has 0 saturated heterocycles. The van der Waals surface area contributed by atoms with E-state index in [2.05, 4.69) is 15.8 Å². The molecule has 0 aliphatic heterocycles. The van der Waals surface area contributed by atoms with Crippen LogP contribution in [-0.2, 0) is 6.54 Å². The topological polar surface area (TPSA) is 65.9 Å². The smallest absolute Gasteiger partial charge is 0.187 e. The highest BCUT2D eigenvalue weighted by atomic mass is 32.1. The number of hydrazone groups is 1. The number of phenolic OH excluding ortho intramolecular Hbond substituents is 1. The highest BCUT2D eigenvalue weighted by Crippen LogP contribution is 2.20. The Morgan fingerprint density at radius 2 is 2.05 bits per heavy atom. The second-order valence-electron chi connectivity index (χ2n) is 4.46. The van der Waals surface area contributed by atoms with Crippen LogP contribution in [0.5, 0.6) is 11.5 Å². The molecule has 2 rings (SSSR count). The van der Waals surface area contributed by atoms with Gasteiger partial charge in [0.05, 0.1) is 13.3 Å². The average Bonchev–Trinajstić information content (AvgIpc) is 2.55. The molecule has 5 nitrogen and oxygen atoms in total. The van der Waals surface area contributed by atoms with E-state index in [0.717, 1.165) is 5.56 Å². The minimum atomic E-state index is 0.120. The number of thiocarbonyl (C=S) groups is 1. The Morgan fingerprint density at radius 3 is 2.77 bits per heavy atom. The average molecular weight is 315 g/mol.